The van der Waals surface area contributed by atoms with Crippen LogP contribution in [-0.2, 0) is 0 Å². The monoisotopic (exact) mass is 121 g/mol. The number of hydrogen-bond donors (Lipinski definition) is 0. The van der Waals surface area contributed by atoms with Crippen molar-refractivity contribution in [3.8, 4) is 0 Å². The van der Waals surface area contributed by atoms with Gasteiger partial charge in [-0.15, -0.1) is 0 Å². The molecule has 1 heteroatoms. The van der Waals surface area contributed by atoms with Gasteiger partial charge in [0, 0.05) is 5.39 Å². The van der Waals surface area contributed by atoms with Gasteiger partial charge in [-0.05, 0) is 12.1 Å². The van der Waals surface area contributed by atoms with Crippen LogP contribution in [0.1, 0.15) is 4.11 Å². The third kappa shape index (κ3) is 0.617. The van der Waals surface area contributed by atoms with Gasteiger partial charge in [0.2, 0.25) is 0 Å². The maximum absolute atomic E-state index is 7.45. The highest BCUT2D eigenvalue weighted by Crippen LogP contribution is 2.12. The molecule has 44 valence electrons. The lowest BCUT2D eigenvalue weighted by Crippen LogP contribution is -1.57. The molecule has 1 aromatic heterocycles. The molecule has 0 aliphatic heterocycles. The first kappa shape index (κ1) is 2.56. The topological polar surface area (TPSA) is 13.1 Å². The summed E-state index contributed by atoms with van der Waals surface area (Å²) in [5.41, 5.74) is 0.326. The Morgan fingerprint density at radius 2 is 2.44 bits per heavy atom. The smallest absolute Gasteiger partial charge is 0.133 e. The lowest BCUT2D eigenvalue weighted by Gasteiger charge is -1.81. The van der Waals surface area contributed by atoms with Crippen molar-refractivity contribution in [2.45, 2.75) is 0 Å². The summed E-state index contributed by atoms with van der Waals surface area (Å²) in [4.78, 5) is 0. The number of benzene rings is 1. The molecule has 0 fully saturated rings. The van der Waals surface area contributed by atoms with Crippen LogP contribution in [0, 0.1) is 0 Å². The van der Waals surface area contributed by atoms with Crippen molar-refractivity contribution in [1.82, 2.24) is 0 Å². The lowest BCUT2D eigenvalue weighted by atomic mass is 10.3. The summed E-state index contributed by atoms with van der Waals surface area (Å²) in [7, 11) is 0. The van der Waals surface area contributed by atoms with Crippen LogP contribution < -0.4 is 0 Å². The van der Waals surface area contributed by atoms with Crippen molar-refractivity contribution >= 4 is 11.0 Å². The van der Waals surface area contributed by atoms with Gasteiger partial charge >= 0.3 is 0 Å². The van der Waals surface area contributed by atoms with Gasteiger partial charge in [-0.25, -0.2) is 0 Å². The van der Waals surface area contributed by atoms with E-state index in [0.717, 1.165) is 0 Å². The van der Waals surface area contributed by atoms with Gasteiger partial charge in [-0.2, -0.15) is 0 Å². The SMILES string of the molecule is [2H]c1cc([2H])c2ccoc2c1[2H]. The van der Waals surface area contributed by atoms with Crippen LogP contribution in [0.5, 0.6) is 0 Å². The normalized spacial score (nSPS) is 14.9. The molecule has 0 amide bonds. The number of hydrogen-bond acceptors (Lipinski definition) is 1. The maximum Gasteiger partial charge on any atom is 0.133 e. The Morgan fingerprint density at radius 1 is 1.44 bits per heavy atom. The highest BCUT2D eigenvalue weighted by atomic mass is 16.3. The highest BCUT2D eigenvalue weighted by Gasteiger charge is 1.89. The molecule has 0 N–H and O–H groups in total. The van der Waals surface area contributed by atoms with Crippen molar-refractivity contribution in [2.75, 3.05) is 0 Å². The summed E-state index contributed by atoms with van der Waals surface area (Å²) in [6.45, 7) is 0. The lowest BCUT2D eigenvalue weighted by molar-refractivity contribution is 0.616. The van der Waals surface area contributed by atoms with Gasteiger partial charge in [0.1, 0.15) is 5.58 Å². The quantitative estimate of drug-likeness (QED) is 0.521. The average Bonchev–Trinajstić information content (AvgIpc) is 2.48. The second-order valence-electron chi connectivity index (χ2n) is 1.72. The Balaban J connectivity index is 2.97. The van der Waals surface area contributed by atoms with E-state index < -0.39 is 0 Å². The largest absolute Gasteiger partial charge is 0.464 e. The Hall–Kier alpha value is -1.24. The van der Waals surface area contributed by atoms with Crippen LogP contribution >= 0.6 is 0 Å². The van der Waals surface area contributed by atoms with Crippen molar-refractivity contribution in [1.29, 1.82) is 0 Å². The van der Waals surface area contributed by atoms with Crippen LogP contribution in [-0.4, -0.2) is 0 Å². The van der Waals surface area contributed by atoms with E-state index in [1.807, 2.05) is 0 Å². The molecule has 2 aromatic rings. The van der Waals surface area contributed by atoms with Gasteiger partial charge in [0.05, 0.1) is 10.4 Å². The van der Waals surface area contributed by atoms with Crippen LogP contribution in [0.3, 0.4) is 0 Å². The van der Waals surface area contributed by atoms with Crippen LogP contribution in [0.2, 0.25) is 0 Å². The third-order valence-corrected chi connectivity index (χ3v) is 1.15. The summed E-state index contributed by atoms with van der Waals surface area (Å²) in [6, 6.07) is 3.29. The van der Waals surface area contributed by atoms with E-state index in [2.05, 4.69) is 0 Å². The molecule has 0 atom stereocenters. The minimum atomic E-state index is 0.0300. The molecule has 1 aromatic carbocycles. The Morgan fingerprint density at radius 3 is 3.44 bits per heavy atom. The Bertz CT molecular complexity index is 433. The van der Waals surface area contributed by atoms with E-state index in [1.165, 1.54) is 12.3 Å². The van der Waals surface area contributed by atoms with Gasteiger partial charge in [0.25, 0.3) is 0 Å². The number of rotatable bonds is 0. The Kier molecular flexibility index (Phi) is 0.462. The van der Waals surface area contributed by atoms with Gasteiger partial charge in [0.15, 0.2) is 0 Å². The van der Waals surface area contributed by atoms with Crippen molar-refractivity contribution < 1.29 is 8.53 Å². The standard InChI is InChI=1S/C8H6O/c1-2-4-8-7(3-1)5-6-9-8/h1-6H/i2D,3D,4D. The van der Waals surface area contributed by atoms with Crippen LogP contribution in [0.4, 0.5) is 0 Å². The first-order chi connectivity index (χ1) is 5.70. The van der Waals surface area contributed by atoms with E-state index in [-0.39, 0.29) is 18.1 Å². The van der Waals surface area contributed by atoms with E-state index >= 15 is 0 Å². The number of para-hydroxylation sites is 1. The minimum absolute atomic E-state index is 0.0300. The summed E-state index contributed by atoms with van der Waals surface area (Å²) in [5.74, 6) is 0. The molecule has 2 rings (SSSR count). The van der Waals surface area contributed by atoms with Crippen LogP contribution in [0.15, 0.2) is 40.9 Å². The zero-order valence-electron chi connectivity index (χ0n) is 7.64. The molecule has 0 saturated carbocycles. The van der Waals surface area contributed by atoms with Crippen molar-refractivity contribution in [3.63, 3.8) is 0 Å². The molecule has 0 saturated heterocycles. The summed E-state index contributed by atoms with van der Waals surface area (Å²) >= 11 is 0. The second-order valence-corrected chi connectivity index (χ2v) is 1.72. The zero-order valence-corrected chi connectivity index (χ0v) is 4.64. The number of fused-ring (bicyclic) bond motifs is 1. The average molecular weight is 121 g/mol. The molecule has 0 aliphatic rings. The first-order valence-corrected chi connectivity index (χ1v) is 2.64. The molecule has 9 heavy (non-hydrogen) atoms. The van der Waals surface area contributed by atoms with E-state index in [4.69, 9.17) is 8.53 Å². The molecule has 0 bridgehead atoms. The summed E-state index contributed by atoms with van der Waals surface area (Å²) in [6.07, 6.45) is 1.43. The highest BCUT2D eigenvalue weighted by molar-refractivity contribution is 5.76. The molecule has 0 aliphatic carbocycles. The molecular formula is C8H6O. The van der Waals surface area contributed by atoms with Gasteiger partial charge in [-0.1, -0.05) is 18.2 Å². The fourth-order valence-corrected chi connectivity index (χ4v) is 0.735. The van der Waals surface area contributed by atoms with E-state index in [9.17, 15) is 0 Å². The predicted molar refractivity (Wildman–Crippen MR) is 36.2 cm³/mol. The fraction of sp³-hybridized carbons (Fsp3) is 0. The first-order valence-electron chi connectivity index (χ1n) is 4.14. The molecular weight excluding hydrogens is 112 g/mol. The molecule has 0 spiro atoms. The molecule has 0 radical (unpaired) electrons. The zero-order chi connectivity index (χ0) is 8.72. The van der Waals surface area contributed by atoms with E-state index in [0.29, 0.717) is 11.0 Å². The summed E-state index contributed by atoms with van der Waals surface area (Å²) < 4.78 is 27.2. The molecule has 0 unspecified atom stereocenters. The second kappa shape index (κ2) is 1.62. The Labute approximate surface area is 57.1 Å². The third-order valence-electron chi connectivity index (χ3n) is 1.15. The van der Waals surface area contributed by atoms with E-state index in [1.54, 1.807) is 6.07 Å². The van der Waals surface area contributed by atoms with Crippen molar-refractivity contribution in [2.24, 2.45) is 0 Å². The van der Waals surface area contributed by atoms with Gasteiger partial charge in [-0.3, -0.25) is 0 Å². The van der Waals surface area contributed by atoms with Crippen molar-refractivity contribution in [3.05, 3.63) is 36.5 Å². The molecule has 1 nitrogen and oxygen atoms in total. The van der Waals surface area contributed by atoms with Gasteiger partial charge < -0.3 is 4.42 Å². The number of furan rings is 1. The maximum atomic E-state index is 7.45. The van der Waals surface area contributed by atoms with Crippen LogP contribution in [0.25, 0.3) is 11.0 Å². The minimum Gasteiger partial charge on any atom is -0.464 e. The predicted octanol–water partition coefficient (Wildman–Crippen LogP) is 2.43. The molecule has 1 heterocycles. The fourth-order valence-electron chi connectivity index (χ4n) is 0.735. The summed E-state index contributed by atoms with van der Waals surface area (Å²) in [5, 5.41) is 0.594.